The molecule has 2 heterocycles. The van der Waals surface area contributed by atoms with E-state index in [9.17, 15) is 9.90 Å². The summed E-state index contributed by atoms with van der Waals surface area (Å²) in [4.78, 5) is 14.6. The number of aliphatic hydroxyl groups excluding tert-OH is 1. The number of nitrogens with zero attached hydrogens (tertiary/aromatic N) is 3. The Balaban J connectivity index is 1.97. The maximum Gasteiger partial charge on any atom is 0.241 e. The third-order valence-electron chi connectivity index (χ3n) is 4.59. The van der Waals surface area contributed by atoms with Crippen molar-refractivity contribution >= 4 is 11.6 Å². The van der Waals surface area contributed by atoms with Crippen molar-refractivity contribution in [1.29, 1.82) is 0 Å². The van der Waals surface area contributed by atoms with E-state index in [1.807, 2.05) is 27.8 Å². The highest BCUT2D eigenvalue weighted by atomic mass is 16.3. The van der Waals surface area contributed by atoms with Crippen molar-refractivity contribution in [3.63, 3.8) is 0 Å². The molecule has 6 heteroatoms. The Hall–Kier alpha value is -1.40. The van der Waals surface area contributed by atoms with Gasteiger partial charge in [-0.25, -0.2) is 0 Å². The normalized spacial score (nSPS) is 18.7. The van der Waals surface area contributed by atoms with E-state index >= 15 is 0 Å². The lowest BCUT2D eigenvalue weighted by molar-refractivity contribution is -0.121. The zero-order valence-electron chi connectivity index (χ0n) is 13.4. The lowest BCUT2D eigenvalue weighted by atomic mass is 9.97. The van der Waals surface area contributed by atoms with E-state index in [-0.39, 0.29) is 18.6 Å². The number of amides is 1. The van der Waals surface area contributed by atoms with Crippen LogP contribution in [0.2, 0.25) is 0 Å². The Morgan fingerprint density at radius 1 is 1.43 bits per heavy atom. The van der Waals surface area contributed by atoms with Crippen LogP contribution in [0.4, 0.5) is 5.69 Å². The van der Waals surface area contributed by atoms with E-state index in [1.165, 1.54) is 0 Å². The summed E-state index contributed by atoms with van der Waals surface area (Å²) < 4.78 is 1.78. The number of aryl methyl sites for hydroxylation is 2. The molecule has 1 aromatic rings. The summed E-state index contributed by atoms with van der Waals surface area (Å²) in [6.45, 7) is 7.78. The van der Waals surface area contributed by atoms with Crippen molar-refractivity contribution < 1.29 is 9.90 Å². The van der Waals surface area contributed by atoms with Crippen LogP contribution in [0.3, 0.4) is 0 Å². The number of nitrogens with one attached hydrogen (secondary N) is 1. The average Bonchev–Trinajstić information content (AvgIpc) is 2.73. The summed E-state index contributed by atoms with van der Waals surface area (Å²) in [5.74, 6) is 0.399. The van der Waals surface area contributed by atoms with Crippen LogP contribution in [-0.2, 0) is 11.8 Å². The topological polar surface area (TPSA) is 70.4 Å². The molecule has 0 aliphatic carbocycles. The second kappa shape index (κ2) is 6.58. The molecule has 1 aromatic heterocycles. The van der Waals surface area contributed by atoms with Crippen LogP contribution in [0.1, 0.15) is 31.2 Å². The molecule has 0 saturated carbocycles. The highest BCUT2D eigenvalue weighted by molar-refractivity contribution is 5.95. The Morgan fingerprint density at radius 3 is 2.52 bits per heavy atom. The van der Waals surface area contributed by atoms with Gasteiger partial charge in [0.05, 0.1) is 23.1 Å². The molecular formula is C15H26N4O2. The lowest BCUT2D eigenvalue weighted by Gasteiger charge is -2.34. The Morgan fingerprint density at radius 2 is 2.05 bits per heavy atom. The monoisotopic (exact) mass is 294 g/mol. The third-order valence-corrected chi connectivity index (χ3v) is 4.59. The molecule has 1 aliphatic rings. The number of likely N-dealkylation sites (tertiary alicyclic amines) is 1. The van der Waals surface area contributed by atoms with Crippen molar-refractivity contribution in [2.45, 2.75) is 39.7 Å². The van der Waals surface area contributed by atoms with Crippen molar-refractivity contribution in [3.8, 4) is 0 Å². The number of anilines is 1. The van der Waals surface area contributed by atoms with E-state index in [1.54, 1.807) is 4.68 Å². The van der Waals surface area contributed by atoms with Crippen LogP contribution in [0, 0.1) is 19.8 Å². The van der Waals surface area contributed by atoms with Gasteiger partial charge >= 0.3 is 0 Å². The van der Waals surface area contributed by atoms with Gasteiger partial charge in [0, 0.05) is 13.7 Å². The predicted molar refractivity (Wildman–Crippen MR) is 82.2 cm³/mol. The lowest BCUT2D eigenvalue weighted by Crippen LogP contribution is -2.46. The number of carbonyl (C=O) groups is 1. The van der Waals surface area contributed by atoms with Crippen LogP contribution in [0.15, 0.2) is 0 Å². The van der Waals surface area contributed by atoms with Gasteiger partial charge in [-0.2, -0.15) is 5.10 Å². The largest absolute Gasteiger partial charge is 0.396 e. The summed E-state index contributed by atoms with van der Waals surface area (Å²) in [5, 5.41) is 16.5. The van der Waals surface area contributed by atoms with Crippen molar-refractivity contribution in [1.82, 2.24) is 14.7 Å². The summed E-state index contributed by atoms with van der Waals surface area (Å²) >= 11 is 0. The molecule has 0 spiro atoms. The molecule has 0 bridgehead atoms. The number of carbonyl (C=O) groups excluding carboxylic acids is 1. The number of hydrogen-bond donors (Lipinski definition) is 2. The fourth-order valence-corrected chi connectivity index (χ4v) is 2.87. The van der Waals surface area contributed by atoms with E-state index < -0.39 is 0 Å². The molecule has 1 saturated heterocycles. The first-order chi connectivity index (χ1) is 9.93. The van der Waals surface area contributed by atoms with Gasteiger partial charge in [0.2, 0.25) is 5.91 Å². The Labute approximate surface area is 126 Å². The Bertz CT molecular complexity index is 504. The molecule has 1 atom stereocenters. The van der Waals surface area contributed by atoms with E-state index in [0.717, 1.165) is 43.0 Å². The fourth-order valence-electron chi connectivity index (χ4n) is 2.87. The molecule has 0 aromatic carbocycles. The highest BCUT2D eigenvalue weighted by Crippen LogP contribution is 2.21. The number of aliphatic hydroxyl groups is 1. The molecular weight excluding hydrogens is 268 g/mol. The third kappa shape index (κ3) is 3.44. The second-order valence-corrected chi connectivity index (χ2v) is 6.00. The zero-order valence-corrected chi connectivity index (χ0v) is 13.4. The van der Waals surface area contributed by atoms with Crippen molar-refractivity contribution in [2.24, 2.45) is 13.0 Å². The molecule has 1 aliphatic heterocycles. The van der Waals surface area contributed by atoms with Crippen molar-refractivity contribution in [3.05, 3.63) is 11.4 Å². The molecule has 1 fully saturated rings. The predicted octanol–water partition coefficient (Wildman–Crippen LogP) is 1.07. The zero-order chi connectivity index (χ0) is 15.6. The minimum absolute atomic E-state index is 0.0108. The minimum atomic E-state index is -0.163. The van der Waals surface area contributed by atoms with Crippen LogP contribution in [-0.4, -0.2) is 51.4 Å². The summed E-state index contributed by atoms with van der Waals surface area (Å²) in [6, 6.07) is -0.163. The van der Waals surface area contributed by atoms with Gasteiger partial charge in [-0.1, -0.05) is 0 Å². The van der Waals surface area contributed by atoms with E-state index in [2.05, 4.69) is 15.3 Å². The minimum Gasteiger partial charge on any atom is -0.396 e. The van der Waals surface area contributed by atoms with Gasteiger partial charge in [0.1, 0.15) is 0 Å². The molecule has 118 valence electrons. The standard InChI is InChI=1S/C15H26N4O2/c1-10-14(11(2)18(4)17-10)16-15(21)12(3)19-7-5-13(9-20)6-8-19/h12-13,20H,5-9H2,1-4H3,(H,16,21)/t12-/m1/s1. The van der Waals surface area contributed by atoms with Gasteiger partial charge < -0.3 is 10.4 Å². The first kappa shape index (κ1) is 16.0. The van der Waals surface area contributed by atoms with E-state index in [0.29, 0.717) is 5.92 Å². The summed E-state index contributed by atoms with van der Waals surface area (Å²) in [6.07, 6.45) is 1.91. The SMILES string of the molecule is Cc1nn(C)c(C)c1NC(=O)[C@@H](C)N1CCC(CO)CC1. The summed E-state index contributed by atoms with van der Waals surface area (Å²) in [5.41, 5.74) is 2.63. The second-order valence-electron chi connectivity index (χ2n) is 6.00. The number of piperidine rings is 1. The quantitative estimate of drug-likeness (QED) is 0.871. The average molecular weight is 294 g/mol. The molecule has 1 amide bonds. The molecule has 0 unspecified atom stereocenters. The fraction of sp³-hybridized carbons (Fsp3) is 0.733. The highest BCUT2D eigenvalue weighted by Gasteiger charge is 2.27. The van der Waals surface area contributed by atoms with Gasteiger partial charge in [0.15, 0.2) is 0 Å². The number of rotatable bonds is 4. The maximum absolute atomic E-state index is 12.4. The smallest absolute Gasteiger partial charge is 0.241 e. The molecule has 2 N–H and O–H groups in total. The molecule has 2 rings (SSSR count). The van der Waals surface area contributed by atoms with Gasteiger partial charge in [-0.3, -0.25) is 14.4 Å². The van der Waals surface area contributed by atoms with E-state index in [4.69, 9.17) is 0 Å². The first-order valence-corrected chi connectivity index (χ1v) is 7.60. The number of hydrogen-bond acceptors (Lipinski definition) is 4. The van der Waals surface area contributed by atoms with Gasteiger partial charge in [0.25, 0.3) is 0 Å². The van der Waals surface area contributed by atoms with Crippen molar-refractivity contribution in [2.75, 3.05) is 25.0 Å². The number of aromatic nitrogens is 2. The van der Waals surface area contributed by atoms with Crippen LogP contribution in [0.25, 0.3) is 0 Å². The maximum atomic E-state index is 12.4. The van der Waals surface area contributed by atoms with Gasteiger partial charge in [-0.15, -0.1) is 0 Å². The van der Waals surface area contributed by atoms with Crippen LogP contribution >= 0.6 is 0 Å². The molecule has 6 nitrogen and oxygen atoms in total. The van der Waals surface area contributed by atoms with Gasteiger partial charge in [-0.05, 0) is 52.6 Å². The first-order valence-electron chi connectivity index (χ1n) is 7.60. The van der Waals surface area contributed by atoms with Crippen LogP contribution in [0.5, 0.6) is 0 Å². The van der Waals surface area contributed by atoms with Crippen LogP contribution < -0.4 is 5.32 Å². The Kier molecular flexibility index (Phi) is 5.00. The molecule has 0 radical (unpaired) electrons. The molecule has 21 heavy (non-hydrogen) atoms. The summed E-state index contributed by atoms with van der Waals surface area (Å²) in [7, 11) is 1.88.